The summed E-state index contributed by atoms with van der Waals surface area (Å²) in [5.74, 6) is 0.891. The second-order valence-electron chi connectivity index (χ2n) is 9.31. The van der Waals surface area contributed by atoms with Crippen LogP contribution in [-0.4, -0.2) is 21.8 Å². The summed E-state index contributed by atoms with van der Waals surface area (Å²) < 4.78 is 5.34. The van der Waals surface area contributed by atoms with Crippen molar-refractivity contribution in [1.29, 1.82) is 0 Å². The molecule has 2 aromatic heterocycles. The highest BCUT2D eigenvalue weighted by atomic mass is 16.5. The van der Waals surface area contributed by atoms with Gasteiger partial charge in [0, 0.05) is 22.7 Å². The summed E-state index contributed by atoms with van der Waals surface area (Å²) >= 11 is 0. The van der Waals surface area contributed by atoms with Gasteiger partial charge in [-0.25, -0.2) is 10.4 Å². The number of pyridine rings is 1. The lowest BCUT2D eigenvalue weighted by Gasteiger charge is -2.34. The summed E-state index contributed by atoms with van der Waals surface area (Å²) in [6.45, 7) is 8.81. The van der Waals surface area contributed by atoms with E-state index in [1.165, 1.54) is 6.42 Å². The molecule has 2 unspecified atom stereocenters. The molecule has 1 N–H and O–H groups in total. The summed E-state index contributed by atoms with van der Waals surface area (Å²) in [5, 5.41) is 9.30. The lowest BCUT2D eigenvalue weighted by Crippen LogP contribution is -2.34. The van der Waals surface area contributed by atoms with E-state index in [9.17, 15) is 4.79 Å². The lowest BCUT2D eigenvalue weighted by atomic mass is 9.70. The van der Waals surface area contributed by atoms with Crippen molar-refractivity contribution in [2.24, 2.45) is 21.8 Å². The molecule has 3 saturated carbocycles. The van der Waals surface area contributed by atoms with Gasteiger partial charge in [-0.15, -0.1) is 0 Å². The van der Waals surface area contributed by atoms with E-state index in [0.717, 1.165) is 37.1 Å². The zero-order valence-electron chi connectivity index (χ0n) is 16.4. The molecule has 2 atom stereocenters. The first-order chi connectivity index (χ1) is 12.8. The Kier molecular flexibility index (Phi) is 3.38. The largest absolute Gasteiger partial charge is 0.336 e. The topological polar surface area (TPSA) is 80.4 Å². The van der Waals surface area contributed by atoms with Crippen LogP contribution in [0.1, 0.15) is 80.5 Å². The van der Waals surface area contributed by atoms with Crippen LogP contribution in [0.3, 0.4) is 0 Å². The Morgan fingerprint density at radius 1 is 1.30 bits per heavy atom. The van der Waals surface area contributed by atoms with Gasteiger partial charge in [-0.2, -0.15) is 5.10 Å². The molecule has 142 valence electrons. The van der Waals surface area contributed by atoms with Gasteiger partial charge >= 0.3 is 0 Å². The van der Waals surface area contributed by atoms with Crippen LogP contribution in [0.15, 0.2) is 15.7 Å². The quantitative estimate of drug-likeness (QED) is 0.819. The smallest absolute Gasteiger partial charge is 0.272 e. The summed E-state index contributed by atoms with van der Waals surface area (Å²) in [4.78, 5) is 17.6. The number of fused-ring (bicyclic) bond motifs is 3. The maximum atomic E-state index is 13.0. The normalized spacial score (nSPS) is 30.4. The highest BCUT2D eigenvalue weighted by molar-refractivity contribution is 6.06. The number of nitrogens with zero attached hydrogens (tertiary/aromatic N) is 3. The number of hydrogen-bond acceptors (Lipinski definition) is 5. The van der Waals surface area contributed by atoms with Crippen molar-refractivity contribution >= 4 is 22.7 Å². The molecule has 6 heteroatoms. The second-order valence-corrected chi connectivity index (χ2v) is 9.31. The van der Waals surface area contributed by atoms with Gasteiger partial charge in [-0.05, 0) is 56.4 Å². The third kappa shape index (κ3) is 2.31. The number of nitrogens with one attached hydrogen (secondary N) is 1. The van der Waals surface area contributed by atoms with Gasteiger partial charge in [0.25, 0.3) is 11.6 Å². The van der Waals surface area contributed by atoms with E-state index in [1.54, 1.807) is 0 Å². The average molecular weight is 366 g/mol. The van der Waals surface area contributed by atoms with Gasteiger partial charge in [0.2, 0.25) is 0 Å². The first-order valence-corrected chi connectivity index (χ1v) is 9.95. The molecule has 1 amide bonds. The number of aryl methyl sites for hydroxylation is 1. The standard InChI is InChI=1S/C21H26N4O2/c1-11-17-14(10-15(12-5-6-12)22-19(17)27-25-11)18(26)24-23-16-9-13-7-8-21(16,4)20(13,2)3/h10,12-13H,5-9H2,1-4H3,(H,24,26)/b23-16+. The Hall–Kier alpha value is -2.24. The third-order valence-electron chi connectivity index (χ3n) is 7.68. The van der Waals surface area contributed by atoms with E-state index in [0.29, 0.717) is 34.2 Å². The van der Waals surface area contributed by atoms with E-state index >= 15 is 0 Å². The maximum absolute atomic E-state index is 13.0. The molecule has 2 heterocycles. The fourth-order valence-electron chi connectivity index (χ4n) is 5.16. The predicted molar refractivity (Wildman–Crippen MR) is 103 cm³/mol. The van der Waals surface area contributed by atoms with Crippen molar-refractivity contribution < 1.29 is 9.32 Å². The molecule has 5 rings (SSSR count). The van der Waals surface area contributed by atoms with Gasteiger partial charge in [0.15, 0.2) is 0 Å². The second kappa shape index (κ2) is 5.40. The van der Waals surface area contributed by atoms with E-state index in [1.807, 2.05) is 13.0 Å². The Morgan fingerprint density at radius 2 is 2.07 bits per heavy atom. The molecule has 0 radical (unpaired) electrons. The van der Waals surface area contributed by atoms with E-state index in [2.05, 4.69) is 41.4 Å². The van der Waals surface area contributed by atoms with Gasteiger partial charge < -0.3 is 4.52 Å². The predicted octanol–water partition coefficient (Wildman–Crippen LogP) is 4.34. The summed E-state index contributed by atoms with van der Waals surface area (Å²) in [6.07, 6.45) is 5.62. The fraction of sp³-hybridized carbons (Fsp3) is 0.619. The van der Waals surface area contributed by atoms with Crippen LogP contribution in [0, 0.1) is 23.7 Å². The number of hydrazone groups is 1. The van der Waals surface area contributed by atoms with Crippen molar-refractivity contribution in [2.45, 2.75) is 65.7 Å². The number of carbonyl (C=O) groups is 1. The summed E-state index contributed by atoms with van der Waals surface area (Å²) in [7, 11) is 0. The number of hydrogen-bond donors (Lipinski definition) is 1. The molecule has 0 saturated heterocycles. The van der Waals surface area contributed by atoms with Crippen LogP contribution in [0.2, 0.25) is 0 Å². The molecule has 2 aromatic rings. The minimum atomic E-state index is -0.202. The molecule has 0 spiro atoms. The van der Waals surface area contributed by atoms with Crippen molar-refractivity contribution in [3.63, 3.8) is 0 Å². The number of aromatic nitrogens is 2. The molecular formula is C21H26N4O2. The Labute approximate surface area is 158 Å². The Morgan fingerprint density at radius 3 is 2.70 bits per heavy atom. The zero-order valence-corrected chi connectivity index (χ0v) is 16.4. The molecule has 3 fully saturated rings. The van der Waals surface area contributed by atoms with Crippen LogP contribution in [0.4, 0.5) is 0 Å². The number of rotatable bonds is 3. The van der Waals surface area contributed by atoms with Crippen molar-refractivity contribution in [3.8, 4) is 0 Å². The van der Waals surface area contributed by atoms with E-state index in [-0.39, 0.29) is 16.7 Å². The molecule has 6 nitrogen and oxygen atoms in total. The SMILES string of the molecule is Cc1noc2nc(C3CC3)cc(C(=O)N/N=C3\CC4CCC3(C)C4(C)C)c12. The number of carbonyl (C=O) groups excluding carboxylic acids is 1. The molecule has 27 heavy (non-hydrogen) atoms. The monoisotopic (exact) mass is 366 g/mol. The first kappa shape index (κ1) is 16.9. The molecule has 0 aromatic carbocycles. The maximum Gasteiger partial charge on any atom is 0.272 e. The van der Waals surface area contributed by atoms with Crippen LogP contribution in [-0.2, 0) is 0 Å². The minimum Gasteiger partial charge on any atom is -0.336 e. The highest BCUT2D eigenvalue weighted by Gasteiger charge is 2.60. The van der Waals surface area contributed by atoms with Crippen molar-refractivity contribution in [3.05, 3.63) is 23.0 Å². The van der Waals surface area contributed by atoms with Crippen molar-refractivity contribution in [2.75, 3.05) is 0 Å². The van der Waals surface area contributed by atoms with Gasteiger partial charge in [0.05, 0.1) is 16.6 Å². The zero-order chi connectivity index (χ0) is 19.0. The van der Waals surface area contributed by atoms with E-state index in [4.69, 9.17) is 4.52 Å². The van der Waals surface area contributed by atoms with Gasteiger partial charge in [-0.3, -0.25) is 4.79 Å². The van der Waals surface area contributed by atoms with Crippen LogP contribution < -0.4 is 5.43 Å². The van der Waals surface area contributed by atoms with Crippen molar-refractivity contribution in [1.82, 2.24) is 15.6 Å². The molecule has 0 aliphatic heterocycles. The molecule has 3 aliphatic carbocycles. The fourth-order valence-corrected chi connectivity index (χ4v) is 5.16. The van der Waals surface area contributed by atoms with Crippen LogP contribution >= 0.6 is 0 Å². The third-order valence-corrected chi connectivity index (χ3v) is 7.68. The molecular weight excluding hydrogens is 340 g/mol. The first-order valence-electron chi connectivity index (χ1n) is 9.95. The average Bonchev–Trinajstić information content (AvgIpc) is 3.35. The van der Waals surface area contributed by atoms with Crippen LogP contribution in [0.5, 0.6) is 0 Å². The minimum absolute atomic E-state index is 0.0742. The molecule has 2 bridgehead atoms. The Bertz CT molecular complexity index is 985. The molecule has 3 aliphatic rings. The summed E-state index contributed by atoms with van der Waals surface area (Å²) in [6, 6.07) is 1.90. The Balaban J connectivity index is 1.48. The summed E-state index contributed by atoms with van der Waals surface area (Å²) in [5.41, 5.74) is 6.90. The van der Waals surface area contributed by atoms with Gasteiger partial charge in [0.1, 0.15) is 0 Å². The lowest BCUT2D eigenvalue weighted by molar-refractivity contribution is 0.0955. The van der Waals surface area contributed by atoms with Crippen LogP contribution in [0.25, 0.3) is 11.1 Å². The van der Waals surface area contributed by atoms with E-state index < -0.39 is 0 Å². The van der Waals surface area contributed by atoms with Gasteiger partial charge in [-0.1, -0.05) is 25.9 Å². The highest BCUT2D eigenvalue weighted by Crippen LogP contribution is 2.63. The number of amides is 1.